The van der Waals surface area contributed by atoms with Gasteiger partial charge in [-0.3, -0.25) is 4.79 Å². The molecule has 1 N–H and O–H groups in total. The van der Waals surface area contributed by atoms with E-state index in [0.717, 1.165) is 16.8 Å². The molecule has 0 saturated carbocycles. The topological polar surface area (TPSA) is 75.0 Å². The van der Waals surface area contributed by atoms with Crippen LogP contribution in [-0.4, -0.2) is 23.3 Å². The maximum atomic E-state index is 11.7. The van der Waals surface area contributed by atoms with Crippen LogP contribution in [0.1, 0.15) is 28.9 Å². The number of esters is 1. The summed E-state index contributed by atoms with van der Waals surface area (Å²) >= 11 is 7.50. The van der Waals surface area contributed by atoms with Crippen molar-refractivity contribution in [2.75, 3.05) is 17.7 Å². The molecular formula is C17H14ClN3O2S. The number of hydrogen-bond donors (Lipinski definition) is 1. The first kappa shape index (κ1) is 16.6. The van der Waals surface area contributed by atoms with Crippen LogP contribution in [0.3, 0.4) is 0 Å². The summed E-state index contributed by atoms with van der Waals surface area (Å²) in [6.45, 7) is 2.14. The third-order valence-electron chi connectivity index (χ3n) is 3.63. The number of pyridine rings is 1. The Morgan fingerprint density at radius 1 is 1.46 bits per heavy atom. The number of thioether (sulfide) groups is 1. The van der Waals surface area contributed by atoms with Crippen LogP contribution in [0.25, 0.3) is 0 Å². The summed E-state index contributed by atoms with van der Waals surface area (Å²) in [5, 5.41) is 12.7. The number of anilines is 2. The number of halogens is 1. The zero-order valence-corrected chi connectivity index (χ0v) is 14.4. The van der Waals surface area contributed by atoms with Crippen molar-refractivity contribution in [2.45, 2.75) is 12.2 Å². The number of carbonyl (C=O) groups is 1. The Balaban J connectivity index is 2.02. The van der Waals surface area contributed by atoms with Crippen molar-refractivity contribution < 1.29 is 9.53 Å². The highest BCUT2D eigenvalue weighted by Crippen LogP contribution is 2.48. The Labute approximate surface area is 149 Å². The van der Waals surface area contributed by atoms with Gasteiger partial charge in [0.1, 0.15) is 16.8 Å². The van der Waals surface area contributed by atoms with Gasteiger partial charge in [-0.25, -0.2) is 4.98 Å². The lowest BCUT2D eigenvalue weighted by molar-refractivity contribution is -0.139. The number of nitrogens with one attached hydrogen (secondary N) is 1. The van der Waals surface area contributed by atoms with Crippen LogP contribution in [-0.2, 0) is 9.53 Å². The molecule has 0 aliphatic carbocycles. The minimum atomic E-state index is -0.262. The second-order valence-electron chi connectivity index (χ2n) is 5.07. The number of benzene rings is 1. The number of rotatable bonds is 4. The third kappa shape index (κ3) is 3.05. The van der Waals surface area contributed by atoms with Crippen LogP contribution >= 0.6 is 23.4 Å². The lowest BCUT2D eigenvalue weighted by Crippen LogP contribution is -2.15. The smallest absolute Gasteiger partial charge is 0.315 e. The molecule has 3 rings (SSSR count). The molecule has 0 fully saturated rings. The second kappa shape index (κ2) is 7.12. The van der Waals surface area contributed by atoms with Crippen molar-refractivity contribution in [1.29, 1.82) is 5.26 Å². The molecule has 0 saturated heterocycles. The largest absolute Gasteiger partial charge is 0.465 e. The molecule has 1 unspecified atom stereocenters. The molecule has 1 aliphatic rings. The summed E-state index contributed by atoms with van der Waals surface area (Å²) in [5.41, 5.74) is 3.73. The van der Waals surface area contributed by atoms with Gasteiger partial charge >= 0.3 is 5.97 Å². The average molecular weight is 360 g/mol. The van der Waals surface area contributed by atoms with Gasteiger partial charge in [-0.05, 0) is 18.6 Å². The van der Waals surface area contributed by atoms with Crippen LogP contribution < -0.4 is 5.32 Å². The van der Waals surface area contributed by atoms with Gasteiger partial charge in [0.25, 0.3) is 0 Å². The SMILES string of the molecule is CCOC(=O)CSC1c2ccccc2Nc2c1cnc(Cl)c2C#N. The third-order valence-corrected chi connectivity index (χ3v) is 5.16. The monoisotopic (exact) mass is 359 g/mol. The van der Waals surface area contributed by atoms with Crippen LogP contribution in [0.15, 0.2) is 30.5 Å². The molecule has 1 aromatic carbocycles. The summed E-state index contributed by atoms with van der Waals surface area (Å²) in [6.07, 6.45) is 1.66. The zero-order valence-electron chi connectivity index (χ0n) is 12.9. The van der Waals surface area contributed by atoms with Crippen molar-refractivity contribution in [1.82, 2.24) is 4.98 Å². The summed E-state index contributed by atoms with van der Waals surface area (Å²) in [7, 11) is 0. The highest BCUT2D eigenvalue weighted by atomic mass is 35.5. The lowest BCUT2D eigenvalue weighted by Gasteiger charge is -2.29. The van der Waals surface area contributed by atoms with Gasteiger partial charge in [0.15, 0.2) is 0 Å². The molecule has 0 radical (unpaired) electrons. The van der Waals surface area contributed by atoms with E-state index in [-0.39, 0.29) is 22.1 Å². The van der Waals surface area contributed by atoms with Gasteiger partial charge in [0.2, 0.25) is 0 Å². The number of ether oxygens (including phenoxy) is 1. The van der Waals surface area contributed by atoms with E-state index in [4.69, 9.17) is 16.3 Å². The molecule has 0 amide bonds. The van der Waals surface area contributed by atoms with E-state index in [1.165, 1.54) is 11.8 Å². The van der Waals surface area contributed by atoms with E-state index in [2.05, 4.69) is 16.4 Å². The minimum absolute atomic E-state index is 0.126. The number of carbonyl (C=O) groups excluding carboxylic acids is 1. The van der Waals surface area contributed by atoms with Gasteiger partial charge in [0.05, 0.1) is 23.3 Å². The van der Waals surface area contributed by atoms with E-state index < -0.39 is 0 Å². The lowest BCUT2D eigenvalue weighted by atomic mass is 9.96. The molecule has 2 heterocycles. The number of fused-ring (bicyclic) bond motifs is 2. The Bertz CT molecular complexity index is 835. The maximum Gasteiger partial charge on any atom is 0.315 e. The molecule has 1 aromatic heterocycles. The fourth-order valence-corrected chi connectivity index (χ4v) is 3.93. The molecule has 7 heteroatoms. The second-order valence-corrected chi connectivity index (χ2v) is 6.53. The molecule has 0 bridgehead atoms. The first-order valence-corrected chi connectivity index (χ1v) is 8.80. The maximum absolute atomic E-state index is 11.7. The first-order chi connectivity index (χ1) is 11.7. The average Bonchev–Trinajstić information content (AvgIpc) is 2.59. The highest BCUT2D eigenvalue weighted by Gasteiger charge is 2.29. The van der Waals surface area contributed by atoms with Crippen molar-refractivity contribution in [2.24, 2.45) is 0 Å². The molecule has 24 heavy (non-hydrogen) atoms. The summed E-state index contributed by atoms with van der Waals surface area (Å²) in [6, 6.07) is 9.89. The summed E-state index contributed by atoms with van der Waals surface area (Å²) in [5.74, 6) is -0.0425. The fraction of sp³-hybridized carbons (Fsp3) is 0.235. The zero-order chi connectivity index (χ0) is 17.1. The Kier molecular flexibility index (Phi) is 4.93. The molecule has 2 aromatic rings. The molecule has 5 nitrogen and oxygen atoms in total. The molecule has 1 aliphatic heterocycles. The number of hydrogen-bond acceptors (Lipinski definition) is 6. The van der Waals surface area contributed by atoms with E-state index in [0.29, 0.717) is 17.9 Å². The number of aromatic nitrogens is 1. The summed E-state index contributed by atoms with van der Waals surface area (Å²) < 4.78 is 5.01. The van der Waals surface area contributed by atoms with Gasteiger partial charge in [-0.15, -0.1) is 11.8 Å². The van der Waals surface area contributed by atoms with Crippen molar-refractivity contribution in [3.63, 3.8) is 0 Å². The van der Waals surface area contributed by atoms with Gasteiger partial charge in [0, 0.05) is 17.4 Å². The molecule has 1 atom stereocenters. The van der Waals surface area contributed by atoms with E-state index in [1.807, 2.05) is 24.3 Å². The summed E-state index contributed by atoms with van der Waals surface area (Å²) in [4.78, 5) is 15.9. The normalized spacial score (nSPS) is 14.8. The van der Waals surface area contributed by atoms with Gasteiger partial charge in [-0.2, -0.15) is 5.26 Å². The Hall–Kier alpha value is -2.23. The minimum Gasteiger partial charge on any atom is -0.465 e. The van der Waals surface area contributed by atoms with Crippen LogP contribution in [0.4, 0.5) is 11.4 Å². The Morgan fingerprint density at radius 2 is 2.25 bits per heavy atom. The standard InChI is InChI=1S/C17H14ClN3O2S/c1-2-23-14(22)9-24-16-10-5-3-4-6-13(10)21-15-11(7-19)17(18)20-8-12(15)16/h3-6,8,16,21H,2,9H2,1H3. The van der Waals surface area contributed by atoms with Crippen molar-refractivity contribution >= 4 is 40.7 Å². The van der Waals surface area contributed by atoms with Gasteiger partial charge in [-0.1, -0.05) is 29.8 Å². The predicted octanol–water partition coefficient (Wildman–Crippen LogP) is 4.05. The number of nitrogens with zero attached hydrogens (tertiary/aromatic N) is 2. The number of nitriles is 1. The van der Waals surface area contributed by atoms with E-state index >= 15 is 0 Å². The van der Waals surface area contributed by atoms with Crippen LogP contribution in [0.5, 0.6) is 0 Å². The van der Waals surface area contributed by atoms with Crippen LogP contribution in [0, 0.1) is 11.3 Å². The Morgan fingerprint density at radius 3 is 3.00 bits per heavy atom. The van der Waals surface area contributed by atoms with E-state index in [9.17, 15) is 10.1 Å². The predicted molar refractivity (Wildman–Crippen MR) is 94.6 cm³/mol. The van der Waals surface area contributed by atoms with Crippen molar-refractivity contribution in [3.05, 3.63) is 52.3 Å². The first-order valence-electron chi connectivity index (χ1n) is 7.37. The van der Waals surface area contributed by atoms with E-state index in [1.54, 1.807) is 13.1 Å². The fourth-order valence-electron chi connectivity index (χ4n) is 2.61. The van der Waals surface area contributed by atoms with Crippen LogP contribution in [0.2, 0.25) is 5.15 Å². The number of para-hydroxylation sites is 1. The quantitative estimate of drug-likeness (QED) is 0.655. The molecular weight excluding hydrogens is 346 g/mol. The van der Waals surface area contributed by atoms with Gasteiger partial charge < -0.3 is 10.1 Å². The van der Waals surface area contributed by atoms with Crippen molar-refractivity contribution in [3.8, 4) is 6.07 Å². The molecule has 122 valence electrons. The molecule has 0 spiro atoms. The highest BCUT2D eigenvalue weighted by molar-refractivity contribution is 8.00.